The van der Waals surface area contributed by atoms with Gasteiger partial charge in [-0.25, -0.2) is 8.42 Å². The third kappa shape index (κ3) is 2.72. The van der Waals surface area contributed by atoms with E-state index in [1.54, 1.807) is 10.8 Å². The Hall–Kier alpha value is -1.70. The molecule has 0 radical (unpaired) electrons. The highest BCUT2D eigenvalue weighted by atomic mass is 32.2. The largest absolute Gasteiger partial charge is 0.368 e. The maximum atomic E-state index is 11.5. The lowest BCUT2D eigenvalue weighted by Crippen LogP contribution is -2.24. The van der Waals surface area contributed by atoms with Gasteiger partial charge >= 0.3 is 0 Å². The van der Waals surface area contributed by atoms with Gasteiger partial charge in [-0.05, 0) is 31.7 Å². The molecule has 8 heteroatoms. The molecule has 0 N–H and O–H groups in total. The molecule has 0 amide bonds. The van der Waals surface area contributed by atoms with Crippen LogP contribution in [0.4, 0.5) is 5.69 Å². The average molecular weight is 309 g/mol. The van der Waals surface area contributed by atoms with Gasteiger partial charge in [-0.3, -0.25) is 0 Å². The Labute approximate surface area is 123 Å². The predicted molar refractivity (Wildman–Crippen MR) is 80.3 cm³/mol. The zero-order chi connectivity index (χ0) is 15.2. The smallest absolute Gasteiger partial charge is 0.201 e. The fraction of sp³-hybridized carbons (Fsp3) is 0.615. The van der Waals surface area contributed by atoms with Crippen LogP contribution < -0.4 is 4.90 Å². The zero-order valence-corrected chi connectivity index (χ0v) is 13.3. The minimum Gasteiger partial charge on any atom is -0.368 e. The molecule has 2 aromatic rings. The van der Waals surface area contributed by atoms with Gasteiger partial charge in [-0.15, -0.1) is 10.2 Å². The fourth-order valence-corrected chi connectivity index (χ4v) is 4.14. The number of sulfone groups is 1. The van der Waals surface area contributed by atoms with E-state index >= 15 is 0 Å². The zero-order valence-electron chi connectivity index (χ0n) is 12.4. The second kappa shape index (κ2) is 4.94. The Kier molecular flexibility index (Phi) is 3.35. The highest BCUT2D eigenvalue weighted by Crippen LogP contribution is 2.31. The lowest BCUT2D eigenvalue weighted by atomic mass is 10.1. The van der Waals surface area contributed by atoms with Gasteiger partial charge in [0.1, 0.15) is 16.2 Å². The lowest BCUT2D eigenvalue weighted by Gasteiger charge is -2.21. The molecule has 1 saturated heterocycles. The number of hydrogen-bond donors (Lipinski definition) is 0. The van der Waals surface area contributed by atoms with Crippen molar-refractivity contribution in [1.29, 1.82) is 0 Å². The average Bonchev–Trinajstić information content (AvgIpc) is 2.98. The number of rotatable bonds is 3. The first-order valence-electron chi connectivity index (χ1n) is 6.95. The van der Waals surface area contributed by atoms with Crippen LogP contribution >= 0.6 is 0 Å². The van der Waals surface area contributed by atoms with Crippen LogP contribution in [0.5, 0.6) is 0 Å². The van der Waals surface area contributed by atoms with Crippen molar-refractivity contribution in [2.45, 2.75) is 20.3 Å². The van der Waals surface area contributed by atoms with Crippen molar-refractivity contribution in [2.24, 2.45) is 5.92 Å². The van der Waals surface area contributed by atoms with Crippen molar-refractivity contribution in [1.82, 2.24) is 19.8 Å². The minimum absolute atomic E-state index is 0.177. The van der Waals surface area contributed by atoms with Crippen molar-refractivity contribution in [3.05, 3.63) is 17.6 Å². The normalized spacial score (nSPS) is 19.6. The second-order valence-corrected chi connectivity index (χ2v) is 8.04. The molecule has 0 aromatic carbocycles. The van der Waals surface area contributed by atoms with E-state index in [0.717, 1.165) is 42.1 Å². The van der Waals surface area contributed by atoms with Crippen LogP contribution in [0.25, 0.3) is 5.65 Å². The van der Waals surface area contributed by atoms with E-state index in [4.69, 9.17) is 0 Å². The van der Waals surface area contributed by atoms with E-state index in [1.807, 2.05) is 13.8 Å². The van der Waals surface area contributed by atoms with Crippen molar-refractivity contribution >= 4 is 21.2 Å². The molecule has 1 fully saturated rings. The fourth-order valence-electron chi connectivity index (χ4n) is 3.01. The van der Waals surface area contributed by atoms with Crippen LogP contribution in [-0.4, -0.2) is 53.3 Å². The first kappa shape index (κ1) is 14.2. The third-order valence-corrected chi connectivity index (χ3v) is 5.12. The molecule has 1 atom stereocenters. The summed E-state index contributed by atoms with van der Waals surface area (Å²) in [5, 5.41) is 12.5. The van der Waals surface area contributed by atoms with Gasteiger partial charge < -0.3 is 4.90 Å². The van der Waals surface area contributed by atoms with Crippen LogP contribution in [0.1, 0.15) is 17.7 Å². The Balaban J connectivity index is 1.95. The highest BCUT2D eigenvalue weighted by molar-refractivity contribution is 7.90. The van der Waals surface area contributed by atoms with Crippen LogP contribution in [0, 0.1) is 19.8 Å². The monoisotopic (exact) mass is 309 g/mol. The van der Waals surface area contributed by atoms with Gasteiger partial charge in [0.05, 0.1) is 17.1 Å². The Morgan fingerprint density at radius 1 is 1.38 bits per heavy atom. The van der Waals surface area contributed by atoms with Crippen molar-refractivity contribution in [3.63, 3.8) is 0 Å². The van der Waals surface area contributed by atoms with Crippen LogP contribution in [0.3, 0.4) is 0 Å². The van der Waals surface area contributed by atoms with Crippen molar-refractivity contribution < 1.29 is 8.42 Å². The Morgan fingerprint density at radius 2 is 2.14 bits per heavy atom. The lowest BCUT2D eigenvalue weighted by molar-refractivity contribution is 0.577. The SMILES string of the molecule is Cc1nn2cnnc2c(N2CCC(CS(C)(=O)=O)C2)c1C. The minimum atomic E-state index is -2.94. The van der Waals surface area contributed by atoms with E-state index in [0.29, 0.717) is 0 Å². The summed E-state index contributed by atoms with van der Waals surface area (Å²) in [4.78, 5) is 2.21. The standard InChI is InChI=1S/C13H19N5O2S/c1-9-10(2)16-18-8-14-15-13(18)12(9)17-5-4-11(6-17)7-21(3,19)20/h8,11H,4-7H2,1-3H3. The summed E-state index contributed by atoms with van der Waals surface area (Å²) in [6.45, 7) is 5.56. The summed E-state index contributed by atoms with van der Waals surface area (Å²) in [5.74, 6) is 0.422. The summed E-state index contributed by atoms with van der Waals surface area (Å²) in [6, 6.07) is 0. The van der Waals surface area contributed by atoms with E-state index in [1.165, 1.54) is 6.26 Å². The molecule has 2 aromatic heterocycles. The van der Waals surface area contributed by atoms with Gasteiger partial charge in [0.2, 0.25) is 5.65 Å². The molecule has 0 spiro atoms. The Morgan fingerprint density at radius 3 is 2.86 bits per heavy atom. The van der Waals surface area contributed by atoms with Gasteiger partial charge in [0.25, 0.3) is 0 Å². The van der Waals surface area contributed by atoms with Crippen LogP contribution in [0.15, 0.2) is 6.33 Å². The van der Waals surface area contributed by atoms with Crippen LogP contribution in [-0.2, 0) is 9.84 Å². The molecular weight excluding hydrogens is 290 g/mol. The predicted octanol–water partition coefficient (Wildman–Crippen LogP) is 0.612. The first-order chi connectivity index (χ1) is 9.85. The number of anilines is 1. The molecule has 0 saturated carbocycles. The molecule has 0 bridgehead atoms. The van der Waals surface area contributed by atoms with Crippen molar-refractivity contribution in [3.8, 4) is 0 Å². The molecular formula is C13H19N5O2S. The number of hydrogen-bond acceptors (Lipinski definition) is 6. The summed E-state index contributed by atoms with van der Waals surface area (Å²) in [5.41, 5.74) is 3.77. The molecule has 114 valence electrons. The molecule has 3 heterocycles. The number of fused-ring (bicyclic) bond motifs is 1. The van der Waals surface area contributed by atoms with Crippen molar-refractivity contribution in [2.75, 3.05) is 30.0 Å². The third-order valence-electron chi connectivity index (χ3n) is 4.04. The molecule has 3 rings (SSSR count). The summed E-state index contributed by atoms with van der Waals surface area (Å²) < 4.78 is 24.6. The molecule has 1 aliphatic rings. The van der Waals surface area contributed by atoms with E-state index in [9.17, 15) is 8.42 Å². The maximum Gasteiger partial charge on any atom is 0.201 e. The summed E-state index contributed by atoms with van der Waals surface area (Å²) >= 11 is 0. The first-order valence-corrected chi connectivity index (χ1v) is 9.01. The quantitative estimate of drug-likeness (QED) is 0.826. The molecule has 1 unspecified atom stereocenters. The molecule has 1 aliphatic heterocycles. The molecule has 21 heavy (non-hydrogen) atoms. The van der Waals surface area contributed by atoms with Gasteiger partial charge in [0.15, 0.2) is 0 Å². The van der Waals surface area contributed by atoms with Gasteiger partial charge in [-0.2, -0.15) is 9.61 Å². The highest BCUT2D eigenvalue weighted by Gasteiger charge is 2.28. The molecule has 7 nitrogen and oxygen atoms in total. The van der Waals surface area contributed by atoms with Gasteiger partial charge in [0, 0.05) is 19.3 Å². The number of aryl methyl sites for hydroxylation is 1. The van der Waals surface area contributed by atoms with Crippen LogP contribution in [0.2, 0.25) is 0 Å². The summed E-state index contributed by atoms with van der Waals surface area (Å²) in [7, 11) is -2.94. The number of nitrogens with zero attached hydrogens (tertiary/aromatic N) is 5. The maximum absolute atomic E-state index is 11.5. The number of aromatic nitrogens is 4. The topological polar surface area (TPSA) is 80.5 Å². The second-order valence-electron chi connectivity index (χ2n) is 5.85. The van der Waals surface area contributed by atoms with Gasteiger partial charge in [-0.1, -0.05) is 0 Å². The van der Waals surface area contributed by atoms with E-state index < -0.39 is 9.84 Å². The van der Waals surface area contributed by atoms with E-state index in [-0.39, 0.29) is 11.7 Å². The summed E-state index contributed by atoms with van der Waals surface area (Å²) in [6.07, 6.45) is 3.78. The Bertz CT molecular complexity index is 783. The molecule has 0 aliphatic carbocycles. The van der Waals surface area contributed by atoms with E-state index in [2.05, 4.69) is 20.2 Å².